The largest absolute Gasteiger partial charge is 0.460 e. The van der Waals surface area contributed by atoms with Gasteiger partial charge in [0.2, 0.25) is 0 Å². The van der Waals surface area contributed by atoms with Gasteiger partial charge in [-0.15, -0.1) is 0 Å². The van der Waals surface area contributed by atoms with Crippen LogP contribution in [0.25, 0.3) is 72.0 Å². The lowest BCUT2D eigenvalue weighted by Crippen LogP contribution is -2.07. The molecule has 9 rings (SSSR count). The Labute approximate surface area is 302 Å². The lowest BCUT2D eigenvalue weighted by Gasteiger charge is -2.15. The third-order valence-corrected chi connectivity index (χ3v) is 9.85. The van der Waals surface area contributed by atoms with E-state index in [0.717, 1.165) is 69.2 Å². The molecule has 248 valence electrons. The van der Waals surface area contributed by atoms with Crippen molar-refractivity contribution in [3.63, 3.8) is 0 Å². The molecule has 8 aromatic rings. The summed E-state index contributed by atoms with van der Waals surface area (Å²) in [5.41, 5.74) is 8.41. The fourth-order valence-electron chi connectivity index (χ4n) is 7.40. The molecule has 1 aliphatic rings. The van der Waals surface area contributed by atoms with Crippen LogP contribution in [0, 0.1) is 0 Å². The van der Waals surface area contributed by atoms with E-state index in [1.165, 1.54) is 27.3 Å². The van der Waals surface area contributed by atoms with Crippen molar-refractivity contribution in [2.75, 3.05) is 0 Å². The fraction of sp³-hybridized carbons (Fsp3) is 0.0625. The first-order valence-electron chi connectivity index (χ1n) is 17.8. The summed E-state index contributed by atoms with van der Waals surface area (Å²) in [5, 5.41) is 5.81. The van der Waals surface area contributed by atoms with Crippen molar-refractivity contribution in [1.29, 1.82) is 0 Å². The van der Waals surface area contributed by atoms with E-state index < -0.39 is 0 Å². The molecule has 0 radical (unpaired) electrons. The summed E-state index contributed by atoms with van der Waals surface area (Å²) in [7, 11) is 0. The van der Waals surface area contributed by atoms with Crippen molar-refractivity contribution in [3.8, 4) is 33.9 Å². The highest BCUT2D eigenvalue weighted by atomic mass is 16.3. The van der Waals surface area contributed by atoms with Crippen LogP contribution in [0.2, 0.25) is 0 Å². The number of allylic oxidation sites excluding steroid dienone is 6. The van der Waals surface area contributed by atoms with Crippen LogP contribution in [0.15, 0.2) is 175 Å². The normalized spacial score (nSPS) is 13.0. The number of fused-ring (bicyclic) bond motifs is 5. The van der Waals surface area contributed by atoms with Gasteiger partial charge in [-0.25, -0.2) is 15.0 Å². The van der Waals surface area contributed by atoms with Crippen LogP contribution in [0.5, 0.6) is 0 Å². The average molecular weight is 670 g/mol. The van der Waals surface area contributed by atoms with E-state index in [1.807, 2.05) is 30.4 Å². The van der Waals surface area contributed by atoms with Gasteiger partial charge in [0.1, 0.15) is 11.3 Å². The van der Waals surface area contributed by atoms with Crippen molar-refractivity contribution in [2.45, 2.75) is 19.3 Å². The zero-order chi connectivity index (χ0) is 34.9. The standard InChI is InChI=1S/C48H35N3O/c1-2-3-4-5-7-16-33-27-29-40(39-23-13-12-22-37(33)39)47-49-46(34-18-8-6-9-19-34)50-48(51-47)42-25-15-26-43-45(42)41-30-28-35(31-44(41)52-43)38-24-14-20-32-17-10-11-21-36(32)38/h2-14,17-25,27-31H,1,15-16,26H2/b4-3-,7-5-. The van der Waals surface area contributed by atoms with Crippen LogP contribution >= 0.6 is 0 Å². The second-order valence-corrected chi connectivity index (χ2v) is 13.0. The van der Waals surface area contributed by atoms with Gasteiger partial charge in [-0.1, -0.05) is 158 Å². The van der Waals surface area contributed by atoms with Gasteiger partial charge >= 0.3 is 0 Å². The molecule has 6 aromatic carbocycles. The zero-order valence-corrected chi connectivity index (χ0v) is 28.7. The Balaban J connectivity index is 1.17. The molecule has 0 aliphatic heterocycles. The van der Waals surface area contributed by atoms with Crippen LogP contribution < -0.4 is 0 Å². The van der Waals surface area contributed by atoms with Crippen LogP contribution in [-0.4, -0.2) is 15.0 Å². The van der Waals surface area contributed by atoms with Gasteiger partial charge in [-0.2, -0.15) is 0 Å². The summed E-state index contributed by atoms with van der Waals surface area (Å²) in [5.74, 6) is 2.91. The Morgan fingerprint density at radius 3 is 2.25 bits per heavy atom. The SMILES string of the molecule is C=C/C=C\C=C/Cc1ccc(-c2nc(C3=CCCc4oc5cc(-c6cccc7ccccc67)ccc5c43)nc(-c3ccccc3)n2)c2ccccc12. The molecule has 0 amide bonds. The van der Waals surface area contributed by atoms with Crippen molar-refractivity contribution in [2.24, 2.45) is 0 Å². The Morgan fingerprint density at radius 1 is 0.596 bits per heavy atom. The van der Waals surface area contributed by atoms with Crippen molar-refractivity contribution in [3.05, 3.63) is 193 Å². The molecular weight excluding hydrogens is 635 g/mol. The molecule has 52 heavy (non-hydrogen) atoms. The molecule has 0 saturated carbocycles. The maximum Gasteiger partial charge on any atom is 0.164 e. The van der Waals surface area contributed by atoms with E-state index in [4.69, 9.17) is 19.4 Å². The third kappa shape index (κ3) is 5.74. The van der Waals surface area contributed by atoms with Gasteiger partial charge in [0.15, 0.2) is 17.5 Å². The molecular formula is C48H35N3O. The van der Waals surface area contributed by atoms with E-state index >= 15 is 0 Å². The molecule has 2 aromatic heterocycles. The number of nitrogens with zero attached hydrogens (tertiary/aromatic N) is 3. The highest BCUT2D eigenvalue weighted by molar-refractivity contribution is 6.02. The van der Waals surface area contributed by atoms with Gasteiger partial charge in [-0.05, 0) is 63.2 Å². The summed E-state index contributed by atoms with van der Waals surface area (Å²) in [6, 6.07) is 44.6. The van der Waals surface area contributed by atoms with E-state index in [9.17, 15) is 0 Å². The maximum atomic E-state index is 6.64. The molecule has 1 aliphatic carbocycles. The van der Waals surface area contributed by atoms with E-state index in [0.29, 0.717) is 17.5 Å². The molecule has 0 saturated heterocycles. The van der Waals surface area contributed by atoms with Gasteiger partial charge in [-0.3, -0.25) is 0 Å². The minimum absolute atomic E-state index is 0.643. The number of aromatic nitrogens is 3. The Morgan fingerprint density at radius 2 is 1.37 bits per heavy atom. The van der Waals surface area contributed by atoms with Crippen molar-refractivity contribution < 1.29 is 4.42 Å². The monoisotopic (exact) mass is 669 g/mol. The van der Waals surface area contributed by atoms with Crippen LogP contribution in [0.4, 0.5) is 0 Å². The Hall–Kier alpha value is -6.65. The average Bonchev–Trinajstić information content (AvgIpc) is 3.59. The fourth-order valence-corrected chi connectivity index (χ4v) is 7.40. The molecule has 0 bridgehead atoms. The van der Waals surface area contributed by atoms with Crippen molar-refractivity contribution >= 4 is 38.1 Å². The Kier molecular flexibility index (Phi) is 8.18. The summed E-state index contributed by atoms with van der Waals surface area (Å²) >= 11 is 0. The minimum Gasteiger partial charge on any atom is -0.460 e. The lowest BCUT2D eigenvalue weighted by atomic mass is 9.92. The van der Waals surface area contributed by atoms with E-state index in [2.05, 4.69) is 134 Å². The molecule has 0 N–H and O–H groups in total. The quantitative estimate of drug-likeness (QED) is 0.151. The first-order chi connectivity index (χ1) is 25.7. The second-order valence-electron chi connectivity index (χ2n) is 13.0. The topological polar surface area (TPSA) is 51.8 Å². The number of aryl methyl sites for hydroxylation is 1. The summed E-state index contributed by atoms with van der Waals surface area (Å²) in [6.45, 7) is 3.76. The van der Waals surface area contributed by atoms with Crippen LogP contribution in [0.1, 0.15) is 29.1 Å². The van der Waals surface area contributed by atoms with Gasteiger partial charge < -0.3 is 4.42 Å². The molecule has 0 atom stereocenters. The predicted octanol–water partition coefficient (Wildman–Crippen LogP) is 12.1. The molecule has 4 nitrogen and oxygen atoms in total. The van der Waals surface area contributed by atoms with E-state index in [1.54, 1.807) is 6.08 Å². The van der Waals surface area contributed by atoms with Gasteiger partial charge in [0, 0.05) is 34.1 Å². The summed E-state index contributed by atoms with van der Waals surface area (Å²) in [4.78, 5) is 15.5. The molecule has 4 heteroatoms. The van der Waals surface area contributed by atoms with Gasteiger partial charge in [0.25, 0.3) is 0 Å². The molecule has 0 spiro atoms. The second kappa shape index (κ2) is 13.6. The van der Waals surface area contributed by atoms with E-state index in [-0.39, 0.29) is 0 Å². The zero-order valence-electron chi connectivity index (χ0n) is 28.7. The number of rotatable bonds is 8. The smallest absolute Gasteiger partial charge is 0.164 e. The maximum absolute atomic E-state index is 6.64. The Bertz CT molecular complexity index is 2730. The highest BCUT2D eigenvalue weighted by Gasteiger charge is 2.26. The first-order valence-corrected chi connectivity index (χ1v) is 17.8. The number of hydrogen-bond acceptors (Lipinski definition) is 4. The first kappa shape index (κ1) is 31.3. The number of benzene rings is 6. The minimum atomic E-state index is 0.643. The lowest BCUT2D eigenvalue weighted by molar-refractivity contribution is 0.545. The molecule has 0 fully saturated rings. The van der Waals surface area contributed by atoms with Crippen molar-refractivity contribution in [1.82, 2.24) is 15.0 Å². The number of hydrogen-bond donors (Lipinski definition) is 0. The number of furan rings is 1. The summed E-state index contributed by atoms with van der Waals surface area (Å²) in [6.07, 6.45) is 14.7. The predicted molar refractivity (Wildman–Crippen MR) is 215 cm³/mol. The highest BCUT2D eigenvalue weighted by Crippen LogP contribution is 2.41. The van der Waals surface area contributed by atoms with Gasteiger partial charge in [0.05, 0.1) is 0 Å². The van der Waals surface area contributed by atoms with Crippen LogP contribution in [-0.2, 0) is 12.8 Å². The van der Waals surface area contributed by atoms with Crippen LogP contribution in [0.3, 0.4) is 0 Å². The molecule has 2 heterocycles. The summed E-state index contributed by atoms with van der Waals surface area (Å²) < 4.78 is 6.64. The third-order valence-electron chi connectivity index (χ3n) is 9.85. The molecule has 0 unspecified atom stereocenters.